The number of aryl methyl sites for hydroxylation is 2. The summed E-state index contributed by atoms with van der Waals surface area (Å²) in [7, 11) is 0. The van der Waals surface area contributed by atoms with E-state index in [1.165, 1.54) is 5.56 Å². The lowest BCUT2D eigenvalue weighted by Gasteiger charge is -2.32. The second-order valence-corrected chi connectivity index (χ2v) is 8.86. The molecule has 1 heterocycles. The van der Waals surface area contributed by atoms with Crippen molar-refractivity contribution in [3.63, 3.8) is 0 Å². The molecule has 5 heteroatoms. The summed E-state index contributed by atoms with van der Waals surface area (Å²) in [5, 5.41) is 0.590. The lowest BCUT2D eigenvalue weighted by Crippen LogP contribution is -2.39. The summed E-state index contributed by atoms with van der Waals surface area (Å²) in [5.74, 6) is 0.778. The zero-order valence-electron chi connectivity index (χ0n) is 20.7. The third kappa shape index (κ3) is 5.35. The van der Waals surface area contributed by atoms with Crippen molar-refractivity contribution in [2.75, 3.05) is 6.54 Å². The molecular weight excluding hydrogens is 410 g/mol. The number of rotatable bonds is 10. The third-order valence-electron chi connectivity index (χ3n) is 6.40. The number of aromatic nitrogens is 2. The number of hydrogen-bond acceptors (Lipinski definition) is 3. The van der Waals surface area contributed by atoms with Crippen LogP contribution in [-0.4, -0.2) is 26.9 Å². The van der Waals surface area contributed by atoms with Crippen molar-refractivity contribution in [3.05, 3.63) is 69.8 Å². The van der Waals surface area contributed by atoms with E-state index < -0.39 is 0 Å². The van der Waals surface area contributed by atoms with Gasteiger partial charge in [-0.3, -0.25) is 14.2 Å². The maximum atomic E-state index is 13.8. The summed E-state index contributed by atoms with van der Waals surface area (Å²) in [6.45, 7) is 11.1. The number of amides is 1. The second-order valence-electron chi connectivity index (χ2n) is 8.86. The van der Waals surface area contributed by atoms with Crippen LogP contribution in [0, 0.1) is 13.8 Å². The van der Waals surface area contributed by atoms with Gasteiger partial charge in [0.25, 0.3) is 5.56 Å². The average molecular weight is 448 g/mol. The van der Waals surface area contributed by atoms with Crippen LogP contribution in [0.15, 0.2) is 47.3 Å². The number of para-hydroxylation sites is 1. The first-order valence-corrected chi connectivity index (χ1v) is 12.3. The molecule has 3 aromatic rings. The van der Waals surface area contributed by atoms with Crippen LogP contribution in [0.5, 0.6) is 0 Å². The second kappa shape index (κ2) is 11.3. The third-order valence-corrected chi connectivity index (χ3v) is 6.40. The van der Waals surface area contributed by atoms with Crippen LogP contribution in [0.4, 0.5) is 0 Å². The van der Waals surface area contributed by atoms with Crippen molar-refractivity contribution in [2.24, 2.45) is 0 Å². The molecule has 2 aromatic carbocycles. The van der Waals surface area contributed by atoms with Gasteiger partial charge >= 0.3 is 0 Å². The fourth-order valence-electron chi connectivity index (χ4n) is 4.37. The van der Waals surface area contributed by atoms with E-state index in [4.69, 9.17) is 4.98 Å². The SMILES string of the molecule is CCCCCN(C(=O)CCC)C(CC)c1nc2ccccc2c(=O)n1-c1ccc(C)c(C)c1. The van der Waals surface area contributed by atoms with Gasteiger partial charge in [0.2, 0.25) is 5.91 Å². The standard InChI is InChI=1S/C28H37N3O2/c1-6-9-12-18-30(26(32)13-7-2)25(8-3)27-29-24-15-11-10-14-23(24)28(33)31(27)22-17-16-20(4)21(5)19-22/h10-11,14-17,19,25H,6-9,12-13,18H2,1-5H3. The van der Waals surface area contributed by atoms with Crippen molar-refractivity contribution < 1.29 is 4.79 Å². The van der Waals surface area contributed by atoms with Gasteiger partial charge in [-0.25, -0.2) is 4.98 Å². The minimum absolute atomic E-state index is 0.0891. The largest absolute Gasteiger partial charge is 0.333 e. The molecule has 3 rings (SSSR count). The smallest absolute Gasteiger partial charge is 0.266 e. The summed E-state index contributed by atoms with van der Waals surface area (Å²) in [6, 6.07) is 13.3. The molecule has 1 amide bonds. The summed E-state index contributed by atoms with van der Waals surface area (Å²) >= 11 is 0. The minimum Gasteiger partial charge on any atom is -0.333 e. The molecule has 0 spiro atoms. The Hall–Kier alpha value is -2.95. The van der Waals surface area contributed by atoms with Gasteiger partial charge in [0, 0.05) is 13.0 Å². The molecule has 0 aliphatic heterocycles. The van der Waals surface area contributed by atoms with Crippen molar-refractivity contribution in [1.82, 2.24) is 14.5 Å². The van der Waals surface area contributed by atoms with Crippen molar-refractivity contribution in [3.8, 4) is 5.69 Å². The average Bonchev–Trinajstić information content (AvgIpc) is 2.81. The van der Waals surface area contributed by atoms with E-state index in [-0.39, 0.29) is 17.5 Å². The number of hydrogen-bond donors (Lipinski definition) is 0. The molecule has 0 aliphatic carbocycles. The predicted molar refractivity (Wildman–Crippen MR) is 136 cm³/mol. The summed E-state index contributed by atoms with van der Waals surface area (Å²) < 4.78 is 1.73. The fourth-order valence-corrected chi connectivity index (χ4v) is 4.37. The van der Waals surface area contributed by atoms with Crippen molar-refractivity contribution >= 4 is 16.8 Å². The highest BCUT2D eigenvalue weighted by atomic mass is 16.2. The molecule has 1 unspecified atom stereocenters. The monoisotopic (exact) mass is 447 g/mol. The molecule has 0 bridgehead atoms. The van der Waals surface area contributed by atoms with E-state index >= 15 is 0 Å². The summed E-state index contributed by atoms with van der Waals surface area (Å²) in [5.41, 5.74) is 3.68. The van der Waals surface area contributed by atoms with E-state index in [9.17, 15) is 9.59 Å². The lowest BCUT2D eigenvalue weighted by molar-refractivity contribution is -0.134. The van der Waals surface area contributed by atoms with Crippen LogP contribution in [-0.2, 0) is 4.79 Å². The number of carbonyl (C=O) groups is 1. The number of benzene rings is 2. The zero-order valence-corrected chi connectivity index (χ0v) is 20.7. The van der Waals surface area contributed by atoms with E-state index in [2.05, 4.69) is 27.7 Å². The van der Waals surface area contributed by atoms with Gasteiger partial charge in [-0.2, -0.15) is 0 Å². The molecule has 0 aliphatic rings. The minimum atomic E-state index is -0.264. The van der Waals surface area contributed by atoms with Crippen LogP contribution in [0.25, 0.3) is 16.6 Å². The molecule has 1 aromatic heterocycles. The molecule has 0 saturated carbocycles. The van der Waals surface area contributed by atoms with E-state index in [0.717, 1.165) is 36.9 Å². The summed E-state index contributed by atoms with van der Waals surface area (Å²) in [4.78, 5) is 33.9. The summed E-state index contributed by atoms with van der Waals surface area (Å²) in [6.07, 6.45) is 5.11. The van der Waals surface area contributed by atoms with E-state index in [1.54, 1.807) is 4.57 Å². The highest BCUT2D eigenvalue weighted by Crippen LogP contribution is 2.28. The highest BCUT2D eigenvalue weighted by molar-refractivity contribution is 5.79. The van der Waals surface area contributed by atoms with Crippen molar-refractivity contribution in [1.29, 1.82) is 0 Å². The zero-order chi connectivity index (χ0) is 24.0. The van der Waals surface area contributed by atoms with Gasteiger partial charge in [0.05, 0.1) is 22.6 Å². The van der Waals surface area contributed by atoms with Crippen LogP contribution in [0.3, 0.4) is 0 Å². The predicted octanol–water partition coefficient (Wildman–Crippen LogP) is 6.27. The molecule has 0 radical (unpaired) electrons. The van der Waals surface area contributed by atoms with Crippen molar-refractivity contribution in [2.45, 2.75) is 79.2 Å². The maximum absolute atomic E-state index is 13.8. The van der Waals surface area contributed by atoms with Gasteiger partial charge in [-0.15, -0.1) is 0 Å². The Morgan fingerprint density at radius 3 is 2.42 bits per heavy atom. The molecular formula is C28H37N3O2. The Balaban J connectivity index is 2.25. The molecule has 0 N–H and O–H groups in total. The van der Waals surface area contributed by atoms with Crippen LogP contribution < -0.4 is 5.56 Å². The quantitative estimate of drug-likeness (QED) is 0.344. The number of nitrogens with zero attached hydrogens (tertiary/aromatic N) is 3. The van der Waals surface area contributed by atoms with Crippen LogP contribution in [0.2, 0.25) is 0 Å². The Morgan fingerprint density at radius 1 is 1.00 bits per heavy atom. The first-order chi connectivity index (χ1) is 15.9. The normalized spacial score (nSPS) is 12.2. The first kappa shape index (κ1) is 24.7. The van der Waals surface area contributed by atoms with Crippen LogP contribution >= 0.6 is 0 Å². The molecule has 0 fully saturated rings. The van der Waals surface area contributed by atoms with Gasteiger partial charge in [0.15, 0.2) is 0 Å². The first-order valence-electron chi connectivity index (χ1n) is 12.3. The van der Waals surface area contributed by atoms with Gasteiger partial charge in [-0.05, 0) is 68.5 Å². The maximum Gasteiger partial charge on any atom is 0.266 e. The van der Waals surface area contributed by atoms with Gasteiger partial charge < -0.3 is 4.90 Å². The van der Waals surface area contributed by atoms with Gasteiger partial charge in [0.1, 0.15) is 5.82 Å². The topological polar surface area (TPSA) is 55.2 Å². The van der Waals surface area contributed by atoms with Gasteiger partial charge in [-0.1, -0.05) is 51.8 Å². The molecule has 33 heavy (non-hydrogen) atoms. The molecule has 0 saturated heterocycles. The number of carbonyl (C=O) groups excluding carboxylic acids is 1. The Morgan fingerprint density at radius 2 is 1.76 bits per heavy atom. The highest BCUT2D eigenvalue weighted by Gasteiger charge is 2.28. The van der Waals surface area contributed by atoms with Crippen LogP contribution in [0.1, 0.15) is 82.3 Å². The molecule has 176 valence electrons. The van der Waals surface area contributed by atoms with E-state index in [0.29, 0.717) is 36.1 Å². The fraction of sp³-hybridized carbons (Fsp3) is 0.464. The lowest BCUT2D eigenvalue weighted by atomic mass is 10.1. The van der Waals surface area contributed by atoms with E-state index in [1.807, 2.05) is 54.3 Å². The Bertz CT molecular complexity index is 1170. The molecule has 1 atom stereocenters. The Labute approximate surface area is 197 Å². The Kier molecular flexibility index (Phi) is 8.43. The molecule has 5 nitrogen and oxygen atoms in total. The number of fused-ring (bicyclic) bond motifs is 1. The number of unbranched alkanes of at least 4 members (excludes halogenated alkanes) is 2.